The number of rotatable bonds is 9. The molecule has 1 amide bonds. The molecule has 2 aromatic carbocycles. The van der Waals surface area contributed by atoms with Crippen LogP contribution in [0.15, 0.2) is 64.2 Å². The van der Waals surface area contributed by atoms with Crippen LogP contribution in [0.3, 0.4) is 0 Å². The molecule has 0 aliphatic heterocycles. The summed E-state index contributed by atoms with van der Waals surface area (Å²) in [6, 6.07) is 15.9. The summed E-state index contributed by atoms with van der Waals surface area (Å²) < 4.78 is 11.4. The third kappa shape index (κ3) is 5.71. The summed E-state index contributed by atoms with van der Waals surface area (Å²) >= 11 is 0. The number of carbonyl (C=O) groups excluding carboxylic acids is 2. The Labute approximate surface area is 195 Å². The molecule has 3 aromatic rings. The zero-order valence-corrected chi connectivity index (χ0v) is 18.9. The molecule has 0 bridgehead atoms. The van der Waals surface area contributed by atoms with Crippen LogP contribution >= 0.6 is 0 Å². The lowest BCUT2D eigenvalue weighted by Gasteiger charge is -2.23. The van der Waals surface area contributed by atoms with E-state index in [0.29, 0.717) is 11.3 Å². The van der Waals surface area contributed by atoms with Crippen LogP contribution in [0.4, 0.5) is 11.5 Å². The molecule has 178 valence electrons. The van der Waals surface area contributed by atoms with E-state index in [4.69, 9.17) is 15.2 Å². The zero-order chi connectivity index (χ0) is 24.7. The van der Waals surface area contributed by atoms with Crippen molar-refractivity contribution in [1.29, 1.82) is 0 Å². The quantitative estimate of drug-likeness (QED) is 0.454. The SMILES string of the molecule is CCN(C(=O)COC(=O)Cc1ccc(OC)cc1)c1c(N)n(Cc2ccccc2)c(=O)[nH]c1=O. The van der Waals surface area contributed by atoms with Gasteiger partial charge in [-0.05, 0) is 30.2 Å². The number of anilines is 2. The molecule has 1 aromatic heterocycles. The lowest BCUT2D eigenvalue weighted by Crippen LogP contribution is -2.42. The highest BCUT2D eigenvalue weighted by atomic mass is 16.5. The Morgan fingerprint density at radius 3 is 2.32 bits per heavy atom. The topological polar surface area (TPSA) is 137 Å². The van der Waals surface area contributed by atoms with Crippen molar-refractivity contribution in [2.75, 3.05) is 30.9 Å². The van der Waals surface area contributed by atoms with Crippen LogP contribution in [-0.4, -0.2) is 41.7 Å². The Kier molecular flexibility index (Phi) is 7.86. The van der Waals surface area contributed by atoms with Crippen molar-refractivity contribution in [2.24, 2.45) is 0 Å². The van der Waals surface area contributed by atoms with Gasteiger partial charge in [0.25, 0.3) is 11.5 Å². The van der Waals surface area contributed by atoms with Crippen LogP contribution in [0.2, 0.25) is 0 Å². The van der Waals surface area contributed by atoms with Gasteiger partial charge in [0.2, 0.25) is 0 Å². The van der Waals surface area contributed by atoms with Crippen molar-refractivity contribution in [2.45, 2.75) is 19.9 Å². The fourth-order valence-corrected chi connectivity index (χ4v) is 3.40. The second kappa shape index (κ2) is 11.0. The summed E-state index contributed by atoms with van der Waals surface area (Å²) in [7, 11) is 1.54. The van der Waals surface area contributed by atoms with Crippen LogP contribution in [0.25, 0.3) is 0 Å². The van der Waals surface area contributed by atoms with Crippen LogP contribution in [0.1, 0.15) is 18.1 Å². The summed E-state index contributed by atoms with van der Waals surface area (Å²) in [5.41, 5.74) is 5.98. The maximum Gasteiger partial charge on any atom is 0.330 e. The number of methoxy groups -OCH3 is 1. The standard InChI is InChI=1S/C24H26N4O6/c1-3-27(19(29)15-34-20(30)13-16-9-11-18(33-2)12-10-16)21-22(25)28(24(32)26-23(21)31)14-17-7-5-4-6-8-17/h4-12H,3,13-15,25H2,1-2H3,(H,26,31,32). The van der Waals surface area contributed by atoms with Crippen molar-refractivity contribution in [3.63, 3.8) is 0 Å². The summed E-state index contributed by atoms with van der Waals surface area (Å²) in [6.07, 6.45) is -0.0337. The number of likely N-dealkylation sites (N-methyl/N-ethyl adjacent to an activating group) is 1. The van der Waals surface area contributed by atoms with E-state index in [2.05, 4.69) is 4.98 Å². The van der Waals surface area contributed by atoms with Gasteiger partial charge < -0.3 is 20.1 Å². The molecule has 34 heavy (non-hydrogen) atoms. The molecule has 0 radical (unpaired) electrons. The van der Waals surface area contributed by atoms with Gasteiger partial charge in [0, 0.05) is 6.54 Å². The van der Waals surface area contributed by atoms with Crippen molar-refractivity contribution in [3.8, 4) is 5.75 Å². The second-order valence-corrected chi connectivity index (χ2v) is 7.39. The minimum absolute atomic E-state index is 0.0337. The number of benzene rings is 2. The van der Waals surface area contributed by atoms with Crippen LogP contribution in [0.5, 0.6) is 5.75 Å². The number of aromatic amines is 1. The third-order valence-electron chi connectivity index (χ3n) is 5.15. The maximum atomic E-state index is 12.8. The molecule has 10 heteroatoms. The molecular weight excluding hydrogens is 440 g/mol. The highest BCUT2D eigenvalue weighted by Gasteiger charge is 2.24. The summed E-state index contributed by atoms with van der Waals surface area (Å²) in [4.78, 5) is 53.2. The summed E-state index contributed by atoms with van der Waals surface area (Å²) in [5, 5.41) is 0. The van der Waals surface area contributed by atoms with Gasteiger partial charge in [-0.25, -0.2) is 4.79 Å². The number of amides is 1. The van der Waals surface area contributed by atoms with E-state index in [1.54, 1.807) is 38.3 Å². The maximum absolute atomic E-state index is 12.8. The largest absolute Gasteiger partial charge is 0.497 e. The number of H-pyrrole nitrogens is 1. The predicted octanol–water partition coefficient (Wildman–Crippen LogP) is 1.31. The van der Waals surface area contributed by atoms with Gasteiger partial charge in [-0.15, -0.1) is 0 Å². The lowest BCUT2D eigenvalue weighted by molar-refractivity contribution is -0.147. The van der Waals surface area contributed by atoms with Crippen LogP contribution < -0.4 is 26.6 Å². The summed E-state index contributed by atoms with van der Waals surface area (Å²) in [6.45, 7) is 1.24. The van der Waals surface area contributed by atoms with Crippen molar-refractivity contribution in [1.82, 2.24) is 9.55 Å². The Hall–Kier alpha value is -4.34. The Morgan fingerprint density at radius 2 is 1.71 bits per heavy atom. The van der Waals surface area contributed by atoms with E-state index in [1.165, 1.54) is 4.57 Å². The number of hydrogen-bond donors (Lipinski definition) is 2. The molecule has 0 aliphatic carbocycles. The van der Waals surface area contributed by atoms with E-state index in [0.717, 1.165) is 10.5 Å². The fraction of sp³-hybridized carbons (Fsp3) is 0.250. The van der Waals surface area contributed by atoms with Gasteiger partial charge in [-0.1, -0.05) is 42.5 Å². The highest BCUT2D eigenvalue weighted by Crippen LogP contribution is 2.18. The number of nitrogen functional groups attached to an aromatic ring is 1. The molecule has 10 nitrogen and oxygen atoms in total. The van der Waals surface area contributed by atoms with Gasteiger partial charge >= 0.3 is 11.7 Å². The van der Waals surface area contributed by atoms with Crippen molar-refractivity contribution < 1.29 is 19.1 Å². The number of ether oxygens (including phenoxy) is 2. The average Bonchev–Trinajstić information content (AvgIpc) is 2.84. The first kappa shape index (κ1) is 24.3. The van der Waals surface area contributed by atoms with E-state index < -0.39 is 29.7 Å². The molecule has 0 atom stereocenters. The van der Waals surface area contributed by atoms with E-state index in [1.807, 2.05) is 30.3 Å². The Bertz CT molecular complexity index is 1270. The number of nitrogens with zero attached hydrogens (tertiary/aromatic N) is 2. The normalized spacial score (nSPS) is 10.5. The van der Waals surface area contributed by atoms with Gasteiger partial charge in [-0.2, -0.15) is 0 Å². The lowest BCUT2D eigenvalue weighted by atomic mass is 10.1. The second-order valence-electron chi connectivity index (χ2n) is 7.39. The van der Waals surface area contributed by atoms with Crippen LogP contribution in [-0.2, 0) is 27.3 Å². The van der Waals surface area contributed by atoms with Gasteiger partial charge in [-0.3, -0.25) is 23.9 Å². The van der Waals surface area contributed by atoms with E-state index in [-0.39, 0.29) is 31.0 Å². The molecule has 0 saturated carbocycles. The average molecular weight is 466 g/mol. The molecule has 0 spiro atoms. The summed E-state index contributed by atoms with van der Waals surface area (Å²) in [5.74, 6) is -0.752. The van der Waals surface area contributed by atoms with Crippen molar-refractivity contribution in [3.05, 3.63) is 86.6 Å². The molecule has 0 unspecified atom stereocenters. The van der Waals surface area contributed by atoms with Gasteiger partial charge in [0.15, 0.2) is 12.3 Å². The smallest absolute Gasteiger partial charge is 0.330 e. The number of carbonyl (C=O) groups is 2. The molecule has 3 rings (SSSR count). The molecule has 3 N–H and O–H groups in total. The molecule has 1 heterocycles. The first-order chi connectivity index (χ1) is 16.3. The number of esters is 1. The minimum atomic E-state index is -0.799. The Morgan fingerprint density at radius 1 is 1.03 bits per heavy atom. The predicted molar refractivity (Wildman–Crippen MR) is 127 cm³/mol. The van der Waals surface area contributed by atoms with Gasteiger partial charge in [0.1, 0.15) is 11.6 Å². The Balaban J connectivity index is 1.74. The number of nitrogens with two attached hydrogens (primary N) is 1. The molecule has 0 aliphatic rings. The van der Waals surface area contributed by atoms with Crippen LogP contribution in [0, 0.1) is 0 Å². The van der Waals surface area contributed by atoms with E-state index in [9.17, 15) is 19.2 Å². The third-order valence-corrected chi connectivity index (χ3v) is 5.15. The molecule has 0 fully saturated rings. The first-order valence-electron chi connectivity index (χ1n) is 10.6. The monoisotopic (exact) mass is 466 g/mol. The number of hydrogen-bond acceptors (Lipinski definition) is 7. The number of aromatic nitrogens is 2. The fourth-order valence-electron chi connectivity index (χ4n) is 3.40. The molecular formula is C24H26N4O6. The first-order valence-corrected chi connectivity index (χ1v) is 10.6. The van der Waals surface area contributed by atoms with Gasteiger partial charge in [0.05, 0.1) is 20.1 Å². The zero-order valence-electron chi connectivity index (χ0n) is 18.9. The minimum Gasteiger partial charge on any atom is -0.497 e. The van der Waals surface area contributed by atoms with Crippen molar-refractivity contribution >= 4 is 23.4 Å². The highest BCUT2D eigenvalue weighted by molar-refractivity contribution is 5.97. The number of nitrogens with one attached hydrogen (secondary N) is 1. The molecule has 0 saturated heterocycles. The van der Waals surface area contributed by atoms with E-state index >= 15 is 0 Å².